The van der Waals surface area contributed by atoms with E-state index in [0.717, 1.165) is 17.4 Å². The molecular formula is C29H31N3O3. The molecule has 0 unspecified atom stereocenters. The molecule has 2 amide bonds. The first-order valence-corrected chi connectivity index (χ1v) is 12.2. The summed E-state index contributed by atoms with van der Waals surface area (Å²) in [5.74, 6) is 0.126. The molecule has 1 aliphatic heterocycles. The van der Waals surface area contributed by atoms with Crippen molar-refractivity contribution in [2.75, 3.05) is 19.6 Å². The van der Waals surface area contributed by atoms with E-state index in [1.54, 1.807) is 6.26 Å². The molecule has 5 rings (SSSR count). The highest BCUT2D eigenvalue weighted by Crippen LogP contribution is 2.25. The van der Waals surface area contributed by atoms with Gasteiger partial charge in [-0.25, -0.2) is 0 Å². The SMILES string of the molecule is Cc1cccc(Cn2c(C(=O)N3CCN(C(=O)CCc4ccccc4)[C@H](C)C3)cc3ccoc32)c1. The van der Waals surface area contributed by atoms with Crippen molar-refractivity contribution >= 4 is 22.9 Å². The first-order chi connectivity index (χ1) is 17.0. The number of carbonyl (C=O) groups is 2. The minimum atomic E-state index is -0.0286. The summed E-state index contributed by atoms with van der Waals surface area (Å²) in [5, 5.41) is 0.920. The Hall–Kier alpha value is -3.80. The van der Waals surface area contributed by atoms with Gasteiger partial charge in [-0.15, -0.1) is 0 Å². The Labute approximate surface area is 205 Å². The van der Waals surface area contributed by atoms with Crippen molar-refractivity contribution in [2.45, 2.75) is 39.3 Å². The zero-order valence-corrected chi connectivity index (χ0v) is 20.3. The molecule has 180 valence electrons. The van der Waals surface area contributed by atoms with Gasteiger partial charge < -0.3 is 18.8 Å². The molecule has 2 aromatic carbocycles. The Bertz CT molecular complexity index is 1340. The number of furan rings is 1. The largest absolute Gasteiger partial charge is 0.448 e. The molecule has 0 N–H and O–H groups in total. The summed E-state index contributed by atoms with van der Waals surface area (Å²) < 4.78 is 7.71. The van der Waals surface area contributed by atoms with Crippen LogP contribution in [0, 0.1) is 6.92 Å². The normalized spacial score (nSPS) is 16.1. The van der Waals surface area contributed by atoms with E-state index < -0.39 is 0 Å². The maximum absolute atomic E-state index is 13.6. The lowest BCUT2D eigenvalue weighted by molar-refractivity contribution is -0.135. The van der Waals surface area contributed by atoms with Crippen LogP contribution >= 0.6 is 0 Å². The monoisotopic (exact) mass is 469 g/mol. The van der Waals surface area contributed by atoms with Gasteiger partial charge in [-0.3, -0.25) is 9.59 Å². The summed E-state index contributed by atoms with van der Waals surface area (Å²) >= 11 is 0. The smallest absolute Gasteiger partial charge is 0.270 e. The fourth-order valence-corrected chi connectivity index (χ4v) is 5.02. The van der Waals surface area contributed by atoms with Gasteiger partial charge in [0, 0.05) is 37.5 Å². The number of fused-ring (bicyclic) bond motifs is 1. The third-order valence-corrected chi connectivity index (χ3v) is 6.85. The van der Waals surface area contributed by atoms with Crippen molar-refractivity contribution in [1.29, 1.82) is 0 Å². The van der Waals surface area contributed by atoms with E-state index in [1.807, 2.05) is 57.7 Å². The average Bonchev–Trinajstić information content (AvgIpc) is 3.45. The van der Waals surface area contributed by atoms with Gasteiger partial charge in [-0.05, 0) is 43.5 Å². The van der Waals surface area contributed by atoms with Crippen LogP contribution in [-0.4, -0.2) is 51.9 Å². The third-order valence-electron chi connectivity index (χ3n) is 6.85. The van der Waals surface area contributed by atoms with E-state index in [-0.39, 0.29) is 17.9 Å². The van der Waals surface area contributed by atoms with E-state index in [4.69, 9.17) is 4.42 Å². The van der Waals surface area contributed by atoms with E-state index >= 15 is 0 Å². The van der Waals surface area contributed by atoms with Gasteiger partial charge in [0.1, 0.15) is 5.69 Å². The molecule has 6 nitrogen and oxygen atoms in total. The van der Waals surface area contributed by atoms with Crippen LogP contribution in [0.15, 0.2) is 77.4 Å². The molecular weight excluding hydrogens is 438 g/mol. The first-order valence-electron chi connectivity index (χ1n) is 12.2. The standard InChI is InChI=1S/C29H31N3O3/c1-21-7-6-10-24(17-21)20-32-26(18-25-13-16-35-29(25)32)28(34)30-14-15-31(22(2)19-30)27(33)12-11-23-8-4-3-5-9-23/h3-10,13,16-18,22H,11-12,14-15,19-20H2,1-2H3/t22-/m1/s1. The molecule has 1 saturated heterocycles. The number of aryl methyl sites for hydroxylation is 2. The van der Waals surface area contributed by atoms with Gasteiger partial charge in [-0.1, -0.05) is 60.2 Å². The van der Waals surface area contributed by atoms with E-state index in [0.29, 0.717) is 44.0 Å². The average molecular weight is 470 g/mol. The molecule has 1 atom stereocenters. The van der Waals surface area contributed by atoms with Crippen LogP contribution in [0.2, 0.25) is 0 Å². The zero-order chi connectivity index (χ0) is 24.4. The summed E-state index contributed by atoms with van der Waals surface area (Å²) in [7, 11) is 0. The molecule has 6 heteroatoms. The Kier molecular flexibility index (Phi) is 6.45. The van der Waals surface area contributed by atoms with E-state index in [2.05, 4.69) is 37.3 Å². The van der Waals surface area contributed by atoms with Crippen LogP contribution in [-0.2, 0) is 17.8 Å². The summed E-state index contributed by atoms with van der Waals surface area (Å²) in [4.78, 5) is 30.3. The summed E-state index contributed by atoms with van der Waals surface area (Å²) in [6, 6.07) is 22.2. The number of rotatable bonds is 6. The molecule has 35 heavy (non-hydrogen) atoms. The van der Waals surface area contributed by atoms with E-state index in [9.17, 15) is 9.59 Å². The molecule has 0 spiro atoms. The number of nitrogens with zero attached hydrogens (tertiary/aromatic N) is 3. The van der Waals surface area contributed by atoms with Gasteiger partial charge >= 0.3 is 0 Å². The fourth-order valence-electron chi connectivity index (χ4n) is 5.02. The second-order valence-electron chi connectivity index (χ2n) is 9.46. The van der Waals surface area contributed by atoms with E-state index in [1.165, 1.54) is 11.1 Å². The topological polar surface area (TPSA) is 58.7 Å². The molecule has 0 saturated carbocycles. The summed E-state index contributed by atoms with van der Waals surface area (Å²) in [5.41, 5.74) is 4.80. The highest BCUT2D eigenvalue weighted by molar-refractivity contribution is 5.98. The van der Waals surface area contributed by atoms with Crippen LogP contribution in [0.3, 0.4) is 0 Å². The van der Waals surface area contributed by atoms with Gasteiger partial charge in [0.15, 0.2) is 0 Å². The lowest BCUT2D eigenvalue weighted by atomic mass is 10.1. The lowest BCUT2D eigenvalue weighted by Gasteiger charge is -2.40. The number of hydrogen-bond donors (Lipinski definition) is 0. The minimum absolute atomic E-state index is 0.0210. The highest BCUT2D eigenvalue weighted by Gasteiger charge is 2.31. The predicted octanol–water partition coefficient (Wildman–Crippen LogP) is 4.90. The lowest BCUT2D eigenvalue weighted by Crippen LogP contribution is -2.55. The number of benzene rings is 2. The second kappa shape index (κ2) is 9.82. The molecule has 0 bridgehead atoms. The summed E-state index contributed by atoms with van der Waals surface area (Å²) in [6.07, 6.45) is 2.88. The molecule has 0 radical (unpaired) electrons. The zero-order valence-electron chi connectivity index (χ0n) is 20.3. The van der Waals surface area contributed by atoms with Gasteiger partial charge in [0.25, 0.3) is 5.91 Å². The van der Waals surface area contributed by atoms with Gasteiger partial charge in [0.2, 0.25) is 11.6 Å². The predicted molar refractivity (Wildman–Crippen MR) is 136 cm³/mol. The van der Waals surface area contributed by atoms with Gasteiger partial charge in [-0.2, -0.15) is 0 Å². The summed E-state index contributed by atoms with van der Waals surface area (Å²) in [6.45, 7) is 6.25. The number of piperazine rings is 1. The van der Waals surface area contributed by atoms with Crippen LogP contribution in [0.1, 0.15) is 40.5 Å². The Morgan fingerprint density at radius 1 is 0.971 bits per heavy atom. The van der Waals surface area contributed by atoms with Crippen molar-refractivity contribution in [3.8, 4) is 0 Å². The van der Waals surface area contributed by atoms with Crippen LogP contribution < -0.4 is 0 Å². The molecule has 1 aliphatic rings. The second-order valence-corrected chi connectivity index (χ2v) is 9.46. The van der Waals surface area contributed by atoms with Crippen molar-refractivity contribution < 1.29 is 14.0 Å². The molecule has 1 fully saturated rings. The fraction of sp³-hybridized carbons (Fsp3) is 0.310. The molecule has 2 aromatic heterocycles. The molecule has 0 aliphatic carbocycles. The quantitative estimate of drug-likeness (QED) is 0.404. The highest BCUT2D eigenvalue weighted by atomic mass is 16.3. The van der Waals surface area contributed by atoms with Crippen molar-refractivity contribution in [3.63, 3.8) is 0 Å². The Balaban J connectivity index is 1.28. The van der Waals surface area contributed by atoms with Crippen molar-refractivity contribution in [1.82, 2.24) is 14.4 Å². The number of aromatic nitrogens is 1. The first kappa shape index (κ1) is 23.0. The number of amides is 2. The third kappa shape index (κ3) is 4.87. The van der Waals surface area contributed by atoms with Crippen molar-refractivity contribution in [3.05, 3.63) is 95.4 Å². The minimum Gasteiger partial charge on any atom is -0.448 e. The number of hydrogen-bond acceptors (Lipinski definition) is 3. The molecule has 4 aromatic rings. The molecule has 3 heterocycles. The Morgan fingerprint density at radius 2 is 1.77 bits per heavy atom. The maximum Gasteiger partial charge on any atom is 0.270 e. The van der Waals surface area contributed by atoms with Crippen LogP contribution in [0.25, 0.3) is 11.1 Å². The Morgan fingerprint density at radius 3 is 2.54 bits per heavy atom. The van der Waals surface area contributed by atoms with Gasteiger partial charge in [0.05, 0.1) is 12.8 Å². The van der Waals surface area contributed by atoms with Crippen LogP contribution in [0.4, 0.5) is 0 Å². The number of carbonyl (C=O) groups excluding carboxylic acids is 2. The van der Waals surface area contributed by atoms with Crippen LogP contribution in [0.5, 0.6) is 0 Å². The van der Waals surface area contributed by atoms with Crippen molar-refractivity contribution in [2.24, 2.45) is 0 Å². The maximum atomic E-state index is 13.6.